The fourth-order valence-electron chi connectivity index (χ4n) is 1.54. The van der Waals surface area contributed by atoms with E-state index in [0.717, 1.165) is 5.69 Å². The van der Waals surface area contributed by atoms with Crippen LogP contribution in [0.15, 0.2) is 23.6 Å². The summed E-state index contributed by atoms with van der Waals surface area (Å²) in [5, 5.41) is 11.1. The smallest absolute Gasteiger partial charge is 0.264 e. The van der Waals surface area contributed by atoms with Gasteiger partial charge in [0, 0.05) is 18.8 Å². The molecule has 0 aliphatic carbocycles. The van der Waals surface area contributed by atoms with Crippen LogP contribution < -0.4 is 5.32 Å². The zero-order valence-electron chi connectivity index (χ0n) is 10.6. The van der Waals surface area contributed by atoms with Crippen LogP contribution in [0.1, 0.15) is 15.4 Å². The summed E-state index contributed by atoms with van der Waals surface area (Å²) >= 11 is 1.35. The molecule has 2 N–H and O–H groups in total. The van der Waals surface area contributed by atoms with Gasteiger partial charge in [-0.3, -0.25) is 14.7 Å². The van der Waals surface area contributed by atoms with Gasteiger partial charge < -0.3 is 10.2 Å². The van der Waals surface area contributed by atoms with Crippen molar-refractivity contribution >= 4 is 29.0 Å². The molecule has 0 atom stereocenters. The summed E-state index contributed by atoms with van der Waals surface area (Å²) in [5.41, 5.74) is 0.860. The summed E-state index contributed by atoms with van der Waals surface area (Å²) < 4.78 is 0. The molecule has 2 rings (SSSR count). The second-order valence-corrected chi connectivity index (χ2v) is 5.07. The number of aromatic amines is 1. The molecular formula is C12H14N4O2S. The third-order valence-electron chi connectivity index (χ3n) is 2.43. The molecule has 6 nitrogen and oxygen atoms in total. The predicted octanol–water partition coefficient (Wildman–Crippen LogP) is 1.49. The molecule has 0 aromatic carbocycles. The first-order valence-electron chi connectivity index (χ1n) is 5.67. The lowest BCUT2D eigenvalue weighted by molar-refractivity contribution is -0.116. The maximum atomic E-state index is 11.9. The lowest BCUT2D eigenvalue weighted by Gasteiger charge is -2.15. The standard InChI is InChI=1S/C12H14N4O2S/c1-8-6-10(15-14-8)13-11(17)7-16(2)12(18)9-4-3-5-19-9/h3-6H,7H2,1-2H3,(H2,13,14,15,17). The average Bonchev–Trinajstić information content (AvgIpc) is 2.99. The first-order chi connectivity index (χ1) is 9.06. The Kier molecular flexibility index (Phi) is 3.96. The molecule has 0 aliphatic rings. The van der Waals surface area contributed by atoms with E-state index in [4.69, 9.17) is 0 Å². The van der Waals surface area contributed by atoms with Gasteiger partial charge in [-0.2, -0.15) is 5.10 Å². The van der Waals surface area contributed by atoms with Gasteiger partial charge in [-0.05, 0) is 18.4 Å². The van der Waals surface area contributed by atoms with Crippen LogP contribution in [0.2, 0.25) is 0 Å². The van der Waals surface area contributed by atoms with Crippen molar-refractivity contribution in [3.05, 3.63) is 34.2 Å². The number of amides is 2. The number of hydrogen-bond acceptors (Lipinski definition) is 4. The fraction of sp³-hybridized carbons (Fsp3) is 0.250. The van der Waals surface area contributed by atoms with Crippen LogP contribution in [0.3, 0.4) is 0 Å². The van der Waals surface area contributed by atoms with Crippen molar-refractivity contribution in [2.45, 2.75) is 6.92 Å². The van der Waals surface area contributed by atoms with Gasteiger partial charge in [-0.15, -0.1) is 11.3 Å². The molecule has 2 amide bonds. The highest BCUT2D eigenvalue weighted by Crippen LogP contribution is 2.11. The van der Waals surface area contributed by atoms with E-state index in [9.17, 15) is 9.59 Å². The molecule has 2 aromatic heterocycles. The van der Waals surface area contributed by atoms with Crippen molar-refractivity contribution in [1.82, 2.24) is 15.1 Å². The van der Waals surface area contributed by atoms with Gasteiger partial charge in [0.05, 0.1) is 11.4 Å². The fourth-order valence-corrected chi connectivity index (χ4v) is 2.26. The van der Waals surface area contributed by atoms with Crippen LogP contribution in [0.4, 0.5) is 5.82 Å². The van der Waals surface area contributed by atoms with Gasteiger partial charge in [0.2, 0.25) is 5.91 Å². The normalized spacial score (nSPS) is 10.2. The SMILES string of the molecule is Cc1cc(NC(=O)CN(C)C(=O)c2cccs2)n[nH]1. The molecule has 0 saturated carbocycles. The van der Waals surface area contributed by atoms with Gasteiger partial charge in [0.25, 0.3) is 5.91 Å². The second-order valence-electron chi connectivity index (χ2n) is 4.12. The molecule has 2 heterocycles. The Morgan fingerprint density at radius 1 is 1.53 bits per heavy atom. The number of hydrogen-bond donors (Lipinski definition) is 2. The minimum atomic E-state index is -0.279. The first kappa shape index (κ1) is 13.3. The third-order valence-corrected chi connectivity index (χ3v) is 3.29. The van der Waals surface area contributed by atoms with Crippen LogP contribution in [0.5, 0.6) is 0 Å². The van der Waals surface area contributed by atoms with Crippen molar-refractivity contribution in [2.24, 2.45) is 0 Å². The van der Waals surface area contributed by atoms with Crippen LogP contribution in [0, 0.1) is 6.92 Å². The number of aromatic nitrogens is 2. The van der Waals surface area contributed by atoms with E-state index in [1.54, 1.807) is 25.2 Å². The summed E-state index contributed by atoms with van der Waals surface area (Å²) in [6.45, 7) is 1.83. The number of rotatable bonds is 4. The zero-order chi connectivity index (χ0) is 13.8. The van der Waals surface area contributed by atoms with Crippen LogP contribution in [-0.2, 0) is 4.79 Å². The van der Waals surface area contributed by atoms with Gasteiger partial charge >= 0.3 is 0 Å². The number of likely N-dealkylation sites (N-methyl/N-ethyl adjacent to an activating group) is 1. The van der Waals surface area contributed by atoms with Crippen molar-refractivity contribution in [2.75, 3.05) is 18.9 Å². The van der Waals surface area contributed by atoms with E-state index in [2.05, 4.69) is 15.5 Å². The van der Waals surface area contributed by atoms with Crippen LogP contribution in [0.25, 0.3) is 0 Å². The van der Waals surface area contributed by atoms with E-state index in [0.29, 0.717) is 10.7 Å². The van der Waals surface area contributed by atoms with E-state index in [1.165, 1.54) is 16.2 Å². The number of nitrogens with zero attached hydrogens (tertiary/aromatic N) is 2. The van der Waals surface area contributed by atoms with Crippen molar-refractivity contribution in [3.63, 3.8) is 0 Å². The zero-order valence-corrected chi connectivity index (χ0v) is 11.5. The van der Waals surface area contributed by atoms with Gasteiger partial charge in [-0.1, -0.05) is 6.07 Å². The maximum absolute atomic E-state index is 11.9. The molecular weight excluding hydrogens is 264 g/mol. The van der Waals surface area contributed by atoms with Crippen LogP contribution in [-0.4, -0.2) is 40.5 Å². The number of aryl methyl sites for hydroxylation is 1. The minimum Gasteiger partial charge on any atom is -0.332 e. The quantitative estimate of drug-likeness (QED) is 0.889. The number of anilines is 1. The Morgan fingerprint density at radius 2 is 2.32 bits per heavy atom. The third kappa shape index (κ3) is 3.41. The van der Waals surface area contributed by atoms with Crippen molar-refractivity contribution in [1.29, 1.82) is 0 Å². The summed E-state index contributed by atoms with van der Waals surface area (Å²) in [6.07, 6.45) is 0. The van der Waals surface area contributed by atoms with Crippen molar-refractivity contribution < 1.29 is 9.59 Å². The number of H-pyrrole nitrogens is 1. The molecule has 0 bridgehead atoms. The maximum Gasteiger partial charge on any atom is 0.264 e. The molecule has 0 spiro atoms. The highest BCUT2D eigenvalue weighted by molar-refractivity contribution is 7.12. The summed E-state index contributed by atoms with van der Waals surface area (Å²) in [7, 11) is 1.59. The lowest BCUT2D eigenvalue weighted by Crippen LogP contribution is -2.34. The minimum absolute atomic E-state index is 0.0113. The number of carbonyl (C=O) groups excluding carboxylic acids is 2. The largest absolute Gasteiger partial charge is 0.332 e. The molecule has 0 unspecified atom stereocenters. The molecule has 100 valence electrons. The molecule has 0 aliphatic heterocycles. The summed E-state index contributed by atoms with van der Waals surface area (Å²) in [5.74, 6) is 0.0155. The highest BCUT2D eigenvalue weighted by Gasteiger charge is 2.16. The van der Waals surface area contributed by atoms with E-state index >= 15 is 0 Å². The van der Waals surface area contributed by atoms with Gasteiger partial charge in [-0.25, -0.2) is 0 Å². The predicted molar refractivity (Wildman–Crippen MR) is 73.2 cm³/mol. The molecule has 2 aromatic rings. The Bertz CT molecular complexity index is 576. The van der Waals surface area contributed by atoms with Gasteiger partial charge in [0.15, 0.2) is 5.82 Å². The molecule has 0 saturated heterocycles. The topological polar surface area (TPSA) is 78.1 Å². The van der Waals surface area contributed by atoms with Crippen molar-refractivity contribution in [3.8, 4) is 0 Å². The first-order valence-corrected chi connectivity index (χ1v) is 6.55. The van der Waals surface area contributed by atoms with E-state index in [1.807, 2.05) is 12.3 Å². The molecule has 0 fully saturated rings. The average molecular weight is 278 g/mol. The lowest BCUT2D eigenvalue weighted by atomic mass is 10.4. The Labute approximate surface area is 114 Å². The summed E-state index contributed by atoms with van der Waals surface area (Å²) in [4.78, 5) is 25.7. The Hall–Kier alpha value is -2.15. The summed E-state index contributed by atoms with van der Waals surface area (Å²) in [6, 6.07) is 5.26. The van der Waals surface area contributed by atoms with Crippen LogP contribution >= 0.6 is 11.3 Å². The number of thiophene rings is 1. The van der Waals surface area contributed by atoms with E-state index < -0.39 is 0 Å². The Balaban J connectivity index is 1.90. The molecule has 19 heavy (non-hydrogen) atoms. The number of nitrogens with one attached hydrogen (secondary N) is 2. The number of carbonyl (C=O) groups is 2. The Morgan fingerprint density at radius 3 is 2.89 bits per heavy atom. The monoisotopic (exact) mass is 278 g/mol. The van der Waals surface area contributed by atoms with Gasteiger partial charge in [0.1, 0.15) is 0 Å². The highest BCUT2D eigenvalue weighted by atomic mass is 32.1. The molecule has 7 heteroatoms. The van der Waals surface area contributed by atoms with E-state index in [-0.39, 0.29) is 18.4 Å². The molecule has 0 radical (unpaired) electrons. The second kappa shape index (κ2) is 5.66.